The minimum Gasteiger partial charge on any atom is -0.394 e. The average Bonchev–Trinajstić information content (AvgIpc) is 1.47. The lowest BCUT2D eigenvalue weighted by Gasteiger charge is -2.46. The predicted molar refractivity (Wildman–Crippen MR) is 360 cm³/mol. The minimum atomic E-state index is -1.79. The molecule has 0 saturated carbocycles. The Hall–Kier alpha value is -1.27. The zero-order chi connectivity index (χ0) is 63.8. The van der Waals surface area contributed by atoms with Crippen molar-refractivity contribution in [3.63, 3.8) is 0 Å². The molecule has 1 amide bonds. The molecule has 0 bridgehead atoms. The third kappa shape index (κ3) is 42.9. The van der Waals surface area contributed by atoms with Crippen molar-refractivity contribution in [3.8, 4) is 0 Å². The van der Waals surface area contributed by atoms with Gasteiger partial charge in [-0.25, -0.2) is 0 Å². The summed E-state index contributed by atoms with van der Waals surface area (Å²) < 4.78 is 22.9. The Bertz CT molecular complexity index is 1520. The first-order valence-electron chi connectivity index (χ1n) is 37.9. The van der Waals surface area contributed by atoms with Crippen LogP contribution in [-0.2, 0) is 23.7 Å². The van der Waals surface area contributed by atoms with Crippen LogP contribution in [-0.4, -0.2) is 140 Å². The second kappa shape index (κ2) is 59.5. The maximum absolute atomic E-state index is 13.3. The van der Waals surface area contributed by atoms with E-state index < -0.39 is 86.8 Å². The Morgan fingerprint density at radius 3 is 1.05 bits per heavy atom. The molecule has 9 N–H and O–H groups in total. The molecule has 0 radical (unpaired) electrons. The fraction of sp³-hybridized carbons (Fsp3) is 0.959. The number of rotatable bonds is 64. The van der Waals surface area contributed by atoms with Crippen LogP contribution in [0.3, 0.4) is 0 Å². The largest absolute Gasteiger partial charge is 0.394 e. The number of aliphatic hydroxyl groups is 8. The molecule has 2 rings (SSSR count). The fourth-order valence-electron chi connectivity index (χ4n) is 12.9. The van der Waals surface area contributed by atoms with E-state index in [1.54, 1.807) is 6.08 Å². The third-order valence-corrected chi connectivity index (χ3v) is 19.0. The summed E-state index contributed by atoms with van der Waals surface area (Å²) in [6, 6.07) is -0.911. The van der Waals surface area contributed by atoms with Gasteiger partial charge in [0.25, 0.3) is 0 Å². The van der Waals surface area contributed by atoms with Gasteiger partial charge in [0, 0.05) is 6.42 Å². The molecule has 2 saturated heterocycles. The number of hydrogen-bond acceptors (Lipinski definition) is 13. The topological polar surface area (TPSA) is 228 Å². The van der Waals surface area contributed by atoms with Crippen molar-refractivity contribution in [1.82, 2.24) is 5.32 Å². The molecule has 0 spiro atoms. The van der Waals surface area contributed by atoms with E-state index in [-0.39, 0.29) is 18.9 Å². The van der Waals surface area contributed by atoms with E-state index >= 15 is 0 Å². The first kappa shape index (κ1) is 82.8. The van der Waals surface area contributed by atoms with Crippen LogP contribution in [0.2, 0.25) is 0 Å². The summed E-state index contributed by atoms with van der Waals surface area (Å²) in [7, 11) is 0. The number of aliphatic hydroxyl groups excluding tert-OH is 8. The van der Waals surface area contributed by atoms with Gasteiger partial charge in [0.1, 0.15) is 48.8 Å². The van der Waals surface area contributed by atoms with Crippen molar-refractivity contribution in [3.05, 3.63) is 12.2 Å². The molecule has 0 aliphatic carbocycles. The van der Waals surface area contributed by atoms with Crippen LogP contribution in [0.5, 0.6) is 0 Å². The lowest BCUT2D eigenvalue weighted by molar-refractivity contribution is -0.359. The van der Waals surface area contributed by atoms with Crippen molar-refractivity contribution in [2.24, 2.45) is 0 Å². The highest BCUT2D eigenvalue weighted by Crippen LogP contribution is 2.30. The molecule has 12 unspecified atom stereocenters. The number of carbonyl (C=O) groups excluding carboxylic acids is 1. The number of amides is 1. The first-order valence-corrected chi connectivity index (χ1v) is 37.9. The van der Waals surface area contributed by atoms with Crippen molar-refractivity contribution < 1.29 is 64.6 Å². The van der Waals surface area contributed by atoms with Gasteiger partial charge in [0.05, 0.1) is 32.0 Å². The van der Waals surface area contributed by atoms with Gasteiger partial charge in [-0.3, -0.25) is 4.79 Å². The van der Waals surface area contributed by atoms with E-state index in [2.05, 4.69) is 19.2 Å². The Labute approximate surface area is 539 Å². The fourth-order valence-corrected chi connectivity index (χ4v) is 12.9. The van der Waals surface area contributed by atoms with Gasteiger partial charge in [-0.15, -0.1) is 0 Å². The molecule has 522 valence electrons. The number of allylic oxidation sites excluding steroid dienone is 1. The van der Waals surface area contributed by atoms with Crippen molar-refractivity contribution >= 4 is 5.91 Å². The molecular weight excluding hydrogens is 1110 g/mol. The quantitative estimate of drug-likeness (QED) is 0.0204. The molecule has 0 aromatic carbocycles. The molecule has 0 aromatic heterocycles. The van der Waals surface area contributed by atoms with Crippen LogP contribution in [0.25, 0.3) is 0 Å². The van der Waals surface area contributed by atoms with Crippen molar-refractivity contribution in [2.75, 3.05) is 19.8 Å². The normalized spacial score (nSPS) is 23.1. The van der Waals surface area contributed by atoms with Gasteiger partial charge in [-0.1, -0.05) is 347 Å². The van der Waals surface area contributed by atoms with Crippen LogP contribution in [0.15, 0.2) is 12.2 Å². The standard InChI is InChI=1S/C74H143NO13/c1-3-5-7-9-11-13-15-17-19-21-23-24-25-26-27-28-29-30-31-32-33-34-35-36-37-38-40-42-44-46-48-50-52-54-56-58-66(79)75-62(63(78)57-55-53-51-49-47-45-43-41-39-22-20-18-16-14-12-10-8-6-4-2)61-85-73-71(84)69(82)72(65(60-77)87-73)88-74-70(83)68(81)67(80)64(59-76)86-74/h55,57,62-65,67-74,76-78,80-84H,3-54,56,58-61H2,1-2H3,(H,75,79)/b57-55+. The molecule has 2 fully saturated rings. The van der Waals surface area contributed by atoms with Crippen molar-refractivity contribution in [1.29, 1.82) is 0 Å². The van der Waals surface area contributed by atoms with Gasteiger partial charge in [0.2, 0.25) is 5.91 Å². The molecule has 88 heavy (non-hydrogen) atoms. The second-order valence-electron chi connectivity index (χ2n) is 27.1. The summed E-state index contributed by atoms with van der Waals surface area (Å²) >= 11 is 0. The second-order valence-corrected chi connectivity index (χ2v) is 27.1. The number of nitrogens with one attached hydrogen (secondary N) is 1. The van der Waals surface area contributed by atoms with Gasteiger partial charge in [0.15, 0.2) is 12.6 Å². The first-order chi connectivity index (χ1) is 43.1. The Morgan fingerprint density at radius 2 is 0.705 bits per heavy atom. The molecule has 2 aliphatic rings. The van der Waals surface area contributed by atoms with Gasteiger partial charge in [-0.2, -0.15) is 0 Å². The highest BCUT2D eigenvalue weighted by molar-refractivity contribution is 5.76. The Balaban J connectivity index is 1.59. The average molecular weight is 1250 g/mol. The maximum Gasteiger partial charge on any atom is 0.220 e. The van der Waals surface area contributed by atoms with Crippen LogP contribution < -0.4 is 5.32 Å². The number of hydrogen-bond donors (Lipinski definition) is 9. The lowest BCUT2D eigenvalue weighted by Crippen LogP contribution is -2.65. The molecular formula is C74H143NO13. The zero-order valence-electron chi connectivity index (χ0n) is 57.0. The molecule has 0 aromatic rings. The molecule has 12 atom stereocenters. The summed E-state index contributed by atoms with van der Waals surface area (Å²) in [5.74, 6) is -0.230. The molecule has 14 heteroatoms. The van der Waals surface area contributed by atoms with E-state index in [4.69, 9.17) is 18.9 Å². The monoisotopic (exact) mass is 1250 g/mol. The summed E-state index contributed by atoms with van der Waals surface area (Å²) in [6.45, 7) is 2.86. The highest BCUT2D eigenvalue weighted by atomic mass is 16.7. The summed E-state index contributed by atoms with van der Waals surface area (Å²) in [5.41, 5.74) is 0. The van der Waals surface area contributed by atoms with Gasteiger partial charge < -0.3 is 65.1 Å². The Morgan fingerprint density at radius 1 is 0.398 bits per heavy atom. The van der Waals surface area contributed by atoms with Crippen LogP contribution in [0.4, 0.5) is 0 Å². The van der Waals surface area contributed by atoms with E-state index in [1.165, 1.54) is 295 Å². The number of unbranched alkanes of at least 4 members (excludes halogenated alkanes) is 51. The van der Waals surface area contributed by atoms with Crippen LogP contribution >= 0.6 is 0 Å². The Kier molecular flexibility index (Phi) is 56.0. The molecule has 2 aliphatic heterocycles. The van der Waals surface area contributed by atoms with Crippen LogP contribution in [0.1, 0.15) is 361 Å². The molecule has 2 heterocycles. The van der Waals surface area contributed by atoms with Gasteiger partial charge in [-0.05, 0) is 19.3 Å². The summed E-state index contributed by atoms with van der Waals surface area (Å²) in [4.78, 5) is 13.3. The van der Waals surface area contributed by atoms with E-state index in [0.717, 1.165) is 44.9 Å². The van der Waals surface area contributed by atoms with Gasteiger partial charge >= 0.3 is 0 Å². The summed E-state index contributed by atoms with van der Waals surface area (Å²) in [6.07, 6.45) is 57.2. The smallest absolute Gasteiger partial charge is 0.220 e. The minimum absolute atomic E-state index is 0.230. The lowest BCUT2D eigenvalue weighted by atomic mass is 9.97. The highest BCUT2D eigenvalue weighted by Gasteiger charge is 2.51. The predicted octanol–water partition coefficient (Wildman–Crippen LogP) is 16.1. The number of ether oxygens (including phenoxy) is 4. The third-order valence-electron chi connectivity index (χ3n) is 19.0. The van der Waals surface area contributed by atoms with Crippen LogP contribution in [0, 0.1) is 0 Å². The van der Waals surface area contributed by atoms with E-state index in [1.807, 2.05) is 6.08 Å². The molecule has 14 nitrogen and oxygen atoms in total. The van der Waals surface area contributed by atoms with Crippen molar-refractivity contribution in [2.45, 2.75) is 434 Å². The maximum atomic E-state index is 13.3. The SMILES string of the molecule is CCCCCCCCCCCCCCCCCCC/C=C/C(O)C(COC1OC(CO)C(OC2OC(CO)C(O)C(O)C2O)C(O)C1O)NC(=O)CCCCCCCCCCCCCCCCCCCCCCCCCCCCCCCCCCCCC. The summed E-state index contributed by atoms with van der Waals surface area (Å²) in [5, 5.41) is 87.5. The number of carbonyl (C=O) groups is 1. The van der Waals surface area contributed by atoms with E-state index in [9.17, 15) is 45.6 Å². The zero-order valence-corrected chi connectivity index (χ0v) is 57.0. The van der Waals surface area contributed by atoms with E-state index in [0.29, 0.717) is 0 Å².